The molecule has 6 heteroatoms. The van der Waals surface area contributed by atoms with Crippen molar-refractivity contribution in [2.45, 2.75) is 39.5 Å². The molecule has 4 nitrogen and oxygen atoms in total. The molecule has 0 saturated heterocycles. The first-order chi connectivity index (χ1) is 13.0. The molecule has 0 atom stereocenters. The van der Waals surface area contributed by atoms with Gasteiger partial charge >= 0.3 is 0 Å². The fourth-order valence-electron chi connectivity index (χ4n) is 2.50. The quantitative estimate of drug-likeness (QED) is 0.447. The Morgan fingerprint density at radius 3 is 2.59 bits per heavy atom. The van der Waals surface area contributed by atoms with Gasteiger partial charge in [-0.15, -0.1) is 0 Å². The lowest BCUT2D eigenvalue weighted by molar-refractivity contribution is 0.0770. The maximum absolute atomic E-state index is 6.19. The molecule has 0 fully saturated rings. The standard InChI is InChI=1S/C21H27BrClNO3/c1-15(2)26-10-6-9-24-13-17-11-20(25-3)21(12-18(17)22)27-14-16-7-4-5-8-19(16)23/h4-5,7-8,11-12,15,24H,6,9-10,13-14H2,1-3H3. The third-order valence-electron chi connectivity index (χ3n) is 3.94. The number of hydrogen-bond acceptors (Lipinski definition) is 4. The third kappa shape index (κ3) is 7.34. The number of methoxy groups -OCH3 is 1. The molecule has 2 aromatic carbocycles. The van der Waals surface area contributed by atoms with Gasteiger partial charge < -0.3 is 19.5 Å². The van der Waals surface area contributed by atoms with Gasteiger partial charge in [-0.05, 0) is 50.6 Å². The number of benzene rings is 2. The van der Waals surface area contributed by atoms with Crippen molar-refractivity contribution in [3.05, 3.63) is 57.0 Å². The minimum absolute atomic E-state index is 0.279. The maximum Gasteiger partial charge on any atom is 0.162 e. The molecule has 0 unspecified atom stereocenters. The number of ether oxygens (including phenoxy) is 3. The van der Waals surface area contributed by atoms with Gasteiger partial charge in [-0.3, -0.25) is 0 Å². The van der Waals surface area contributed by atoms with Crippen LogP contribution in [-0.4, -0.2) is 26.4 Å². The molecule has 2 rings (SSSR count). The molecule has 0 radical (unpaired) electrons. The van der Waals surface area contributed by atoms with E-state index in [-0.39, 0.29) is 6.10 Å². The molecule has 148 valence electrons. The van der Waals surface area contributed by atoms with Crippen molar-refractivity contribution >= 4 is 27.5 Å². The van der Waals surface area contributed by atoms with E-state index < -0.39 is 0 Å². The molecule has 27 heavy (non-hydrogen) atoms. The van der Waals surface area contributed by atoms with E-state index in [0.29, 0.717) is 23.1 Å². The summed E-state index contributed by atoms with van der Waals surface area (Å²) in [5, 5.41) is 4.12. The number of nitrogens with one attached hydrogen (secondary N) is 1. The molecular weight excluding hydrogens is 430 g/mol. The second-order valence-electron chi connectivity index (χ2n) is 6.42. The highest BCUT2D eigenvalue weighted by atomic mass is 79.9. The van der Waals surface area contributed by atoms with Gasteiger partial charge in [0.05, 0.1) is 13.2 Å². The first kappa shape index (κ1) is 22.0. The smallest absolute Gasteiger partial charge is 0.162 e. The molecule has 0 aliphatic heterocycles. The number of hydrogen-bond donors (Lipinski definition) is 1. The summed E-state index contributed by atoms with van der Waals surface area (Å²) in [6.07, 6.45) is 1.26. The Hall–Kier alpha value is -1.27. The SMILES string of the molecule is COc1cc(CNCCCOC(C)C)c(Br)cc1OCc1ccccc1Cl. The molecule has 0 spiro atoms. The normalized spacial score (nSPS) is 11.0. The Balaban J connectivity index is 1.92. The van der Waals surface area contributed by atoms with Crippen LogP contribution in [0.15, 0.2) is 40.9 Å². The van der Waals surface area contributed by atoms with Gasteiger partial charge in [0.2, 0.25) is 0 Å². The second-order valence-corrected chi connectivity index (χ2v) is 7.69. The molecule has 0 aliphatic rings. The molecule has 0 aliphatic carbocycles. The fourth-order valence-corrected chi connectivity index (χ4v) is 3.15. The van der Waals surface area contributed by atoms with Crippen LogP contribution in [0.4, 0.5) is 0 Å². The zero-order valence-corrected chi connectivity index (χ0v) is 18.4. The van der Waals surface area contributed by atoms with Crippen molar-refractivity contribution in [2.24, 2.45) is 0 Å². The Morgan fingerprint density at radius 2 is 1.89 bits per heavy atom. The molecule has 0 heterocycles. The van der Waals surface area contributed by atoms with Crippen LogP contribution in [0.1, 0.15) is 31.4 Å². The van der Waals surface area contributed by atoms with Crippen LogP contribution in [0, 0.1) is 0 Å². The van der Waals surface area contributed by atoms with E-state index in [9.17, 15) is 0 Å². The summed E-state index contributed by atoms with van der Waals surface area (Å²) < 4.78 is 18.0. The zero-order valence-electron chi connectivity index (χ0n) is 16.1. The van der Waals surface area contributed by atoms with Crippen molar-refractivity contribution in [1.82, 2.24) is 5.32 Å². The lowest BCUT2D eigenvalue weighted by Gasteiger charge is -2.15. The van der Waals surface area contributed by atoms with Crippen LogP contribution in [-0.2, 0) is 17.9 Å². The van der Waals surface area contributed by atoms with E-state index in [2.05, 4.69) is 21.2 Å². The molecule has 0 aromatic heterocycles. The van der Waals surface area contributed by atoms with Crippen molar-refractivity contribution in [1.29, 1.82) is 0 Å². The zero-order chi connectivity index (χ0) is 19.6. The van der Waals surface area contributed by atoms with E-state index in [1.807, 2.05) is 50.2 Å². The Labute approximate surface area is 175 Å². The summed E-state index contributed by atoms with van der Waals surface area (Å²) in [4.78, 5) is 0. The van der Waals surface area contributed by atoms with Crippen molar-refractivity contribution in [3.63, 3.8) is 0 Å². The highest BCUT2D eigenvalue weighted by Gasteiger charge is 2.11. The van der Waals surface area contributed by atoms with Gasteiger partial charge in [0, 0.05) is 28.2 Å². The van der Waals surface area contributed by atoms with E-state index in [1.165, 1.54) is 0 Å². The van der Waals surface area contributed by atoms with Crippen LogP contribution < -0.4 is 14.8 Å². The summed E-state index contributed by atoms with van der Waals surface area (Å²) in [6, 6.07) is 11.6. The van der Waals surface area contributed by atoms with Crippen LogP contribution in [0.2, 0.25) is 5.02 Å². The van der Waals surface area contributed by atoms with Gasteiger partial charge in [-0.25, -0.2) is 0 Å². The Kier molecular flexibility index (Phi) is 9.42. The number of halogens is 2. The predicted molar refractivity (Wildman–Crippen MR) is 114 cm³/mol. The molecule has 0 amide bonds. The van der Waals surface area contributed by atoms with Crippen molar-refractivity contribution < 1.29 is 14.2 Å². The fraction of sp³-hybridized carbons (Fsp3) is 0.429. The van der Waals surface area contributed by atoms with Gasteiger partial charge in [-0.2, -0.15) is 0 Å². The topological polar surface area (TPSA) is 39.7 Å². The van der Waals surface area contributed by atoms with E-state index in [1.54, 1.807) is 7.11 Å². The van der Waals surface area contributed by atoms with Crippen LogP contribution in [0.3, 0.4) is 0 Å². The third-order valence-corrected chi connectivity index (χ3v) is 5.05. The second kappa shape index (κ2) is 11.5. The maximum atomic E-state index is 6.19. The van der Waals surface area contributed by atoms with Gasteiger partial charge in [0.1, 0.15) is 6.61 Å². The average Bonchev–Trinajstić information content (AvgIpc) is 2.64. The van der Waals surface area contributed by atoms with Crippen LogP contribution in [0.25, 0.3) is 0 Å². The van der Waals surface area contributed by atoms with Crippen LogP contribution >= 0.6 is 27.5 Å². The van der Waals surface area contributed by atoms with Gasteiger partial charge in [0.15, 0.2) is 11.5 Å². The molecule has 0 saturated carbocycles. The van der Waals surface area contributed by atoms with Gasteiger partial charge in [-0.1, -0.05) is 45.7 Å². The molecule has 0 bridgehead atoms. The minimum atomic E-state index is 0.279. The molecular formula is C21H27BrClNO3. The highest BCUT2D eigenvalue weighted by Crippen LogP contribution is 2.34. The first-order valence-electron chi connectivity index (χ1n) is 9.06. The monoisotopic (exact) mass is 455 g/mol. The lowest BCUT2D eigenvalue weighted by atomic mass is 10.2. The minimum Gasteiger partial charge on any atom is -0.493 e. The van der Waals surface area contributed by atoms with Crippen molar-refractivity contribution in [2.75, 3.05) is 20.3 Å². The number of rotatable bonds is 11. The summed E-state index contributed by atoms with van der Waals surface area (Å²) in [5.74, 6) is 1.38. The molecule has 2 aromatic rings. The summed E-state index contributed by atoms with van der Waals surface area (Å²) in [6.45, 7) is 6.88. The summed E-state index contributed by atoms with van der Waals surface area (Å²) >= 11 is 9.82. The van der Waals surface area contributed by atoms with Gasteiger partial charge in [0.25, 0.3) is 0 Å². The summed E-state index contributed by atoms with van der Waals surface area (Å²) in [5.41, 5.74) is 2.05. The Bertz CT molecular complexity index is 725. The Morgan fingerprint density at radius 1 is 1.11 bits per heavy atom. The highest BCUT2D eigenvalue weighted by molar-refractivity contribution is 9.10. The lowest BCUT2D eigenvalue weighted by Crippen LogP contribution is -2.17. The van der Waals surface area contributed by atoms with Crippen LogP contribution in [0.5, 0.6) is 11.5 Å². The van der Waals surface area contributed by atoms with Crippen molar-refractivity contribution in [3.8, 4) is 11.5 Å². The van der Waals surface area contributed by atoms with E-state index in [0.717, 1.165) is 41.7 Å². The van der Waals surface area contributed by atoms with E-state index in [4.69, 9.17) is 25.8 Å². The largest absolute Gasteiger partial charge is 0.493 e. The first-order valence-corrected chi connectivity index (χ1v) is 10.2. The van der Waals surface area contributed by atoms with E-state index >= 15 is 0 Å². The predicted octanol–water partition coefficient (Wildman–Crippen LogP) is 5.59. The average molecular weight is 457 g/mol. The molecule has 1 N–H and O–H groups in total. The summed E-state index contributed by atoms with van der Waals surface area (Å²) in [7, 11) is 1.64.